The van der Waals surface area contributed by atoms with Crippen molar-refractivity contribution in [3.63, 3.8) is 0 Å². The summed E-state index contributed by atoms with van der Waals surface area (Å²) in [5.74, 6) is 0.627. The number of allylic oxidation sites excluding steroid dienone is 2. The van der Waals surface area contributed by atoms with E-state index in [0.717, 1.165) is 27.9 Å². The van der Waals surface area contributed by atoms with Crippen molar-refractivity contribution in [3.8, 4) is 11.1 Å². The van der Waals surface area contributed by atoms with E-state index >= 15 is 0 Å². The van der Waals surface area contributed by atoms with Gasteiger partial charge in [-0.05, 0) is 57.0 Å². The molecule has 0 bridgehead atoms. The molecule has 3 nitrogen and oxygen atoms in total. The second kappa shape index (κ2) is 11.4. The molecule has 0 spiro atoms. The fourth-order valence-corrected chi connectivity index (χ4v) is 8.06. The Morgan fingerprint density at radius 3 is 2.13 bits per heavy atom. The maximum Gasteiger partial charge on any atom is 0.100 e. The lowest BCUT2D eigenvalue weighted by Crippen LogP contribution is -2.30. The molecular weight excluding hydrogens is 571 g/mol. The zero-order chi connectivity index (χ0) is 32.1. The summed E-state index contributed by atoms with van der Waals surface area (Å²) in [6.45, 7) is 7.18. The Hall–Kier alpha value is -5.54. The molecule has 0 saturated heterocycles. The summed E-state index contributed by atoms with van der Waals surface area (Å²) in [7, 11) is 0. The minimum atomic E-state index is 0.00822. The van der Waals surface area contributed by atoms with Crippen molar-refractivity contribution in [2.24, 2.45) is 10.9 Å². The fraction of sp³-hybridized carbons (Fsp3) is 0.136. The second-order valence-corrected chi connectivity index (χ2v) is 13.3. The van der Waals surface area contributed by atoms with E-state index in [9.17, 15) is 0 Å². The number of rotatable bonds is 6. The van der Waals surface area contributed by atoms with E-state index in [4.69, 9.17) is 10.4 Å². The molecule has 0 saturated carbocycles. The number of benzene rings is 5. The summed E-state index contributed by atoms with van der Waals surface area (Å²) in [5.41, 5.74) is 13.3. The first-order valence-corrected chi connectivity index (χ1v) is 16.4. The van der Waals surface area contributed by atoms with Crippen LogP contribution in [0.2, 0.25) is 0 Å². The van der Waals surface area contributed by atoms with E-state index in [2.05, 4.69) is 128 Å². The van der Waals surface area contributed by atoms with Crippen LogP contribution in [0.3, 0.4) is 0 Å². The molecule has 2 aliphatic carbocycles. The van der Waals surface area contributed by atoms with Crippen molar-refractivity contribution < 1.29 is 0 Å². The molecule has 228 valence electrons. The van der Waals surface area contributed by atoms with Gasteiger partial charge in [-0.25, -0.2) is 4.99 Å². The van der Waals surface area contributed by atoms with E-state index in [-0.39, 0.29) is 11.3 Å². The predicted molar refractivity (Wildman–Crippen MR) is 198 cm³/mol. The zero-order valence-corrected chi connectivity index (χ0v) is 27.0. The topological polar surface area (TPSA) is 41.1 Å². The third kappa shape index (κ3) is 4.82. The normalized spacial score (nSPS) is 18.1. The van der Waals surface area contributed by atoms with Crippen LogP contribution >= 0.6 is 0 Å². The highest BCUT2D eigenvalue weighted by Crippen LogP contribution is 2.59. The molecule has 1 aromatic heterocycles. The molecule has 0 fully saturated rings. The van der Waals surface area contributed by atoms with Crippen molar-refractivity contribution >= 4 is 40.3 Å². The molecule has 47 heavy (non-hydrogen) atoms. The lowest BCUT2D eigenvalue weighted by Gasteiger charge is -2.36. The average molecular weight is 608 g/mol. The Morgan fingerprint density at radius 1 is 0.723 bits per heavy atom. The Labute approximate surface area is 276 Å². The van der Waals surface area contributed by atoms with E-state index in [1.165, 1.54) is 38.9 Å². The summed E-state index contributed by atoms with van der Waals surface area (Å²) < 4.78 is 2.31. The third-order valence-corrected chi connectivity index (χ3v) is 10.2. The number of hydrogen-bond donors (Lipinski definition) is 1. The zero-order valence-electron chi connectivity index (χ0n) is 27.0. The molecule has 1 N–H and O–H groups in total. The van der Waals surface area contributed by atoms with Gasteiger partial charge < -0.3 is 9.98 Å². The lowest BCUT2D eigenvalue weighted by molar-refractivity contribution is 0.360. The van der Waals surface area contributed by atoms with Crippen molar-refractivity contribution in [1.82, 2.24) is 4.57 Å². The quantitative estimate of drug-likeness (QED) is 0.145. The van der Waals surface area contributed by atoms with Crippen LogP contribution in [0.1, 0.15) is 60.2 Å². The molecule has 2 aliphatic rings. The summed E-state index contributed by atoms with van der Waals surface area (Å²) in [5, 5.41) is 10.2. The largest absolute Gasteiger partial charge is 0.303 e. The lowest BCUT2D eigenvalue weighted by atomic mass is 9.68. The first-order valence-electron chi connectivity index (χ1n) is 16.4. The van der Waals surface area contributed by atoms with Gasteiger partial charge in [0.05, 0.1) is 16.9 Å². The van der Waals surface area contributed by atoms with Crippen molar-refractivity contribution in [1.29, 1.82) is 5.41 Å². The molecule has 8 rings (SSSR count). The molecule has 0 aliphatic heterocycles. The number of hydrogen-bond acceptors (Lipinski definition) is 2. The fourth-order valence-electron chi connectivity index (χ4n) is 8.06. The average Bonchev–Trinajstić information content (AvgIpc) is 3.56. The molecule has 0 amide bonds. The maximum absolute atomic E-state index is 8.98. The summed E-state index contributed by atoms with van der Waals surface area (Å²) >= 11 is 0. The molecule has 5 aromatic carbocycles. The second-order valence-electron chi connectivity index (χ2n) is 13.3. The molecule has 3 heteroatoms. The number of fused-ring (bicyclic) bond motifs is 6. The standard InChI is InChI=1S/C44H37N3/c1-29-42-36(34-18-10-12-20-38(34)44(42,2)3)26-37-35-19-11-13-21-41(35)47(43(29)37)28-46-40(27-39(45)32-16-8-5-9-17-32)33-24-22-31(23-25-33)30-14-6-4-7-15-30/h4-29,42,45H,1-3H3/b40-27-,45-39?,46-28+. The van der Waals surface area contributed by atoms with Gasteiger partial charge in [0.1, 0.15) is 6.34 Å². The Kier molecular flexibility index (Phi) is 6.99. The van der Waals surface area contributed by atoms with Crippen LogP contribution in [0.5, 0.6) is 0 Å². The predicted octanol–water partition coefficient (Wildman–Crippen LogP) is 10.9. The molecule has 1 heterocycles. The summed E-state index contributed by atoms with van der Waals surface area (Å²) in [6, 6.07) is 46.4. The molecule has 6 aromatic rings. The highest BCUT2D eigenvalue weighted by molar-refractivity contribution is 6.11. The van der Waals surface area contributed by atoms with Crippen LogP contribution in [0.15, 0.2) is 145 Å². The first-order chi connectivity index (χ1) is 22.9. The van der Waals surface area contributed by atoms with E-state index < -0.39 is 0 Å². The van der Waals surface area contributed by atoms with Gasteiger partial charge in [0, 0.05) is 34.0 Å². The van der Waals surface area contributed by atoms with Gasteiger partial charge in [0.15, 0.2) is 0 Å². The SMILES string of the molecule is CC1c2c(c3ccccc3n2/C=N/C(=C\C(=N)c2ccccc2)c2ccc(-c3ccccc3)cc2)C=C2c3ccccc3C(C)(C)C21. The van der Waals surface area contributed by atoms with Crippen LogP contribution in [0.4, 0.5) is 0 Å². The minimum Gasteiger partial charge on any atom is -0.303 e. The van der Waals surface area contributed by atoms with Gasteiger partial charge in [-0.2, -0.15) is 0 Å². The van der Waals surface area contributed by atoms with Gasteiger partial charge >= 0.3 is 0 Å². The highest BCUT2D eigenvalue weighted by Gasteiger charge is 2.48. The number of nitrogens with zero attached hydrogens (tertiary/aromatic N) is 2. The van der Waals surface area contributed by atoms with Crippen molar-refractivity contribution in [2.75, 3.05) is 0 Å². The van der Waals surface area contributed by atoms with E-state index in [1.54, 1.807) is 0 Å². The van der Waals surface area contributed by atoms with Gasteiger partial charge in [-0.1, -0.05) is 148 Å². The first kappa shape index (κ1) is 28.9. The van der Waals surface area contributed by atoms with Gasteiger partial charge in [-0.3, -0.25) is 0 Å². The van der Waals surface area contributed by atoms with Crippen molar-refractivity contribution in [3.05, 3.63) is 173 Å². The monoisotopic (exact) mass is 607 g/mol. The molecular formula is C44H37N3. The van der Waals surface area contributed by atoms with Crippen LogP contribution < -0.4 is 0 Å². The van der Waals surface area contributed by atoms with Crippen LogP contribution in [-0.4, -0.2) is 16.6 Å². The number of aliphatic imine (C=N–C) groups is 1. The number of para-hydroxylation sites is 1. The third-order valence-electron chi connectivity index (χ3n) is 10.2. The minimum absolute atomic E-state index is 0.00822. The van der Waals surface area contributed by atoms with Gasteiger partial charge in [0.25, 0.3) is 0 Å². The molecule has 2 unspecified atom stereocenters. The van der Waals surface area contributed by atoms with Gasteiger partial charge in [0.2, 0.25) is 0 Å². The van der Waals surface area contributed by atoms with Crippen molar-refractivity contribution in [2.45, 2.75) is 32.1 Å². The summed E-state index contributed by atoms with van der Waals surface area (Å²) in [6.07, 6.45) is 6.32. The molecule has 0 radical (unpaired) electrons. The Balaban J connectivity index is 1.26. The number of nitrogens with one attached hydrogen (secondary N) is 1. The van der Waals surface area contributed by atoms with E-state index in [1.807, 2.05) is 48.8 Å². The molecule has 2 atom stereocenters. The van der Waals surface area contributed by atoms with Gasteiger partial charge in [-0.15, -0.1) is 0 Å². The number of aromatic nitrogens is 1. The van der Waals surface area contributed by atoms with Crippen LogP contribution in [-0.2, 0) is 5.41 Å². The summed E-state index contributed by atoms with van der Waals surface area (Å²) in [4.78, 5) is 5.20. The van der Waals surface area contributed by atoms with E-state index in [0.29, 0.717) is 11.6 Å². The highest BCUT2D eigenvalue weighted by atomic mass is 15.0. The van der Waals surface area contributed by atoms with Crippen LogP contribution in [0, 0.1) is 11.3 Å². The Bertz CT molecular complexity index is 2230. The Morgan fingerprint density at radius 2 is 1.36 bits per heavy atom. The maximum atomic E-state index is 8.98. The smallest absolute Gasteiger partial charge is 0.100 e. The van der Waals surface area contributed by atoms with Crippen LogP contribution in [0.25, 0.3) is 39.4 Å².